The van der Waals surface area contributed by atoms with Gasteiger partial charge in [-0.25, -0.2) is 14.2 Å². The summed E-state index contributed by atoms with van der Waals surface area (Å²) in [6.07, 6.45) is 3.39. The number of para-hydroxylation sites is 1. The lowest BCUT2D eigenvalue weighted by Gasteiger charge is -2.14. The first-order valence-electron chi connectivity index (χ1n) is 9.08. The summed E-state index contributed by atoms with van der Waals surface area (Å²) in [4.78, 5) is 4.03. The summed E-state index contributed by atoms with van der Waals surface area (Å²) >= 11 is 11.4. The van der Waals surface area contributed by atoms with E-state index in [1.165, 1.54) is 12.1 Å². The van der Waals surface area contributed by atoms with E-state index in [2.05, 4.69) is 20.6 Å². The van der Waals surface area contributed by atoms with Crippen LogP contribution < -0.4 is 10.2 Å². The molecule has 0 radical (unpaired) electrons. The number of halogens is 2. The number of ether oxygens (including phenoxy) is 1. The van der Waals surface area contributed by atoms with Crippen LogP contribution in [0, 0.1) is 10.6 Å². The maximum atomic E-state index is 13.2. The molecule has 152 valence electrons. The van der Waals surface area contributed by atoms with Crippen LogP contribution in [0.15, 0.2) is 67.0 Å². The molecule has 4 aromatic rings. The number of pyridine rings is 1. The van der Waals surface area contributed by atoms with Gasteiger partial charge in [-0.05, 0) is 42.5 Å². The van der Waals surface area contributed by atoms with Gasteiger partial charge in [0.15, 0.2) is 5.82 Å². The van der Waals surface area contributed by atoms with Crippen LogP contribution >= 0.6 is 23.8 Å². The quantitative estimate of drug-likeness (QED) is 0.390. The molecule has 0 saturated heterocycles. The Kier molecular flexibility index (Phi) is 6.06. The Morgan fingerprint density at radius 1 is 1.10 bits per heavy atom. The molecule has 2 N–H and O–H groups in total. The van der Waals surface area contributed by atoms with Crippen molar-refractivity contribution in [1.29, 1.82) is 0 Å². The molecule has 0 unspecified atom stereocenters. The molecule has 0 fully saturated rings. The Labute approximate surface area is 182 Å². The van der Waals surface area contributed by atoms with E-state index in [9.17, 15) is 4.39 Å². The van der Waals surface area contributed by atoms with Crippen molar-refractivity contribution in [3.63, 3.8) is 0 Å². The zero-order valence-corrected chi connectivity index (χ0v) is 17.3. The van der Waals surface area contributed by atoms with Crippen LogP contribution in [-0.2, 0) is 13.2 Å². The third-order valence-corrected chi connectivity index (χ3v) is 5.04. The molecule has 0 saturated carbocycles. The first-order chi connectivity index (χ1) is 14.6. The van der Waals surface area contributed by atoms with Crippen molar-refractivity contribution in [2.75, 3.05) is 5.43 Å². The highest BCUT2D eigenvalue weighted by Crippen LogP contribution is 2.23. The average molecular weight is 442 g/mol. The van der Waals surface area contributed by atoms with E-state index < -0.39 is 0 Å². The first-order valence-corrected chi connectivity index (χ1v) is 9.87. The minimum atomic E-state index is -0.379. The van der Waals surface area contributed by atoms with Gasteiger partial charge in [0.25, 0.3) is 0 Å². The number of hydrogen-bond donors (Lipinski definition) is 2. The predicted octanol–water partition coefficient (Wildman–Crippen LogP) is 5.12. The van der Waals surface area contributed by atoms with Crippen LogP contribution in [0.25, 0.3) is 11.4 Å². The largest absolute Gasteiger partial charge is 0.488 e. The third-order valence-electron chi connectivity index (χ3n) is 4.41. The Morgan fingerprint density at radius 2 is 1.90 bits per heavy atom. The number of nitrogens with one attached hydrogen (secondary N) is 2. The number of rotatable bonds is 7. The number of aromatic amines is 1. The second kappa shape index (κ2) is 9.06. The predicted molar refractivity (Wildman–Crippen MR) is 116 cm³/mol. The van der Waals surface area contributed by atoms with Gasteiger partial charge in [-0.3, -0.25) is 4.98 Å². The van der Waals surface area contributed by atoms with E-state index in [4.69, 9.17) is 28.6 Å². The summed E-state index contributed by atoms with van der Waals surface area (Å²) in [5.74, 6) is 0.958. The molecular formula is C21H17ClFN5OS. The molecular weight excluding hydrogens is 425 g/mol. The highest BCUT2D eigenvalue weighted by molar-refractivity contribution is 7.71. The Morgan fingerprint density at radius 3 is 2.70 bits per heavy atom. The van der Waals surface area contributed by atoms with E-state index in [-0.39, 0.29) is 12.4 Å². The molecule has 0 amide bonds. The Hall–Kier alpha value is -3.23. The molecule has 0 aliphatic heterocycles. The van der Waals surface area contributed by atoms with Gasteiger partial charge >= 0.3 is 0 Å². The van der Waals surface area contributed by atoms with Crippen LogP contribution in [-0.4, -0.2) is 19.9 Å². The van der Waals surface area contributed by atoms with Crippen molar-refractivity contribution in [3.8, 4) is 17.1 Å². The fourth-order valence-electron chi connectivity index (χ4n) is 2.89. The molecule has 0 bridgehead atoms. The molecule has 9 heteroatoms. The summed E-state index contributed by atoms with van der Waals surface area (Å²) in [5, 5.41) is 7.42. The van der Waals surface area contributed by atoms with Gasteiger partial charge in [-0.2, -0.15) is 5.10 Å². The van der Waals surface area contributed by atoms with Gasteiger partial charge in [0.1, 0.15) is 18.2 Å². The summed E-state index contributed by atoms with van der Waals surface area (Å²) in [7, 11) is 0. The van der Waals surface area contributed by atoms with E-state index in [1.807, 2.05) is 36.4 Å². The van der Waals surface area contributed by atoms with Crippen LogP contribution in [0.1, 0.15) is 11.1 Å². The van der Waals surface area contributed by atoms with Crippen molar-refractivity contribution in [1.82, 2.24) is 19.9 Å². The SMILES string of the molecule is Fc1ccc(COc2ccccc2CNn2c(-c3ccncc3)n[nH]c2=S)c(Cl)c1. The van der Waals surface area contributed by atoms with E-state index >= 15 is 0 Å². The van der Waals surface area contributed by atoms with Crippen molar-refractivity contribution in [2.24, 2.45) is 0 Å². The Balaban J connectivity index is 1.51. The maximum Gasteiger partial charge on any atom is 0.214 e. The minimum absolute atomic E-state index is 0.226. The standard InChI is InChI=1S/C21H17ClFN5OS/c22-18-11-17(23)6-5-16(18)13-29-19-4-2-1-3-15(19)12-25-28-20(26-27-21(28)30)14-7-9-24-10-8-14/h1-11,25H,12-13H2,(H,27,30). The Bertz CT molecular complexity index is 1210. The number of hydrogen-bond acceptors (Lipinski definition) is 5. The topological polar surface area (TPSA) is 67.8 Å². The van der Waals surface area contributed by atoms with Gasteiger partial charge < -0.3 is 10.2 Å². The first kappa shape index (κ1) is 20.1. The second-order valence-electron chi connectivity index (χ2n) is 6.39. The molecule has 6 nitrogen and oxygen atoms in total. The molecule has 0 spiro atoms. The smallest absolute Gasteiger partial charge is 0.214 e. The zero-order chi connectivity index (χ0) is 20.9. The summed E-state index contributed by atoms with van der Waals surface area (Å²) in [6.45, 7) is 0.669. The summed E-state index contributed by atoms with van der Waals surface area (Å²) in [6, 6.07) is 15.6. The molecule has 0 aliphatic rings. The number of nitrogens with zero attached hydrogens (tertiary/aromatic N) is 3. The number of aromatic nitrogens is 4. The lowest BCUT2D eigenvalue weighted by atomic mass is 10.2. The number of H-pyrrole nitrogens is 1. The molecule has 0 aliphatic carbocycles. The van der Waals surface area contributed by atoms with Gasteiger partial charge in [0.05, 0.1) is 11.6 Å². The van der Waals surface area contributed by atoms with Gasteiger partial charge in [0.2, 0.25) is 4.77 Å². The second-order valence-corrected chi connectivity index (χ2v) is 7.18. The van der Waals surface area contributed by atoms with Crippen LogP contribution in [0.5, 0.6) is 5.75 Å². The van der Waals surface area contributed by atoms with Crippen molar-refractivity contribution < 1.29 is 9.13 Å². The van der Waals surface area contributed by atoms with Crippen molar-refractivity contribution >= 4 is 23.8 Å². The monoisotopic (exact) mass is 441 g/mol. The highest BCUT2D eigenvalue weighted by Gasteiger charge is 2.10. The van der Waals surface area contributed by atoms with Crippen LogP contribution in [0.3, 0.4) is 0 Å². The highest BCUT2D eigenvalue weighted by atomic mass is 35.5. The van der Waals surface area contributed by atoms with Gasteiger partial charge in [0, 0.05) is 29.1 Å². The van der Waals surface area contributed by atoms with Crippen molar-refractivity contribution in [3.05, 3.63) is 93.7 Å². The molecule has 2 aromatic carbocycles. The molecule has 2 heterocycles. The van der Waals surface area contributed by atoms with Crippen molar-refractivity contribution in [2.45, 2.75) is 13.2 Å². The molecule has 30 heavy (non-hydrogen) atoms. The van der Waals surface area contributed by atoms with E-state index in [0.29, 0.717) is 33.5 Å². The lowest BCUT2D eigenvalue weighted by molar-refractivity contribution is 0.303. The van der Waals surface area contributed by atoms with E-state index in [1.54, 1.807) is 23.1 Å². The fourth-order valence-corrected chi connectivity index (χ4v) is 3.31. The normalized spacial score (nSPS) is 10.7. The third kappa shape index (κ3) is 4.50. The average Bonchev–Trinajstić information content (AvgIpc) is 3.13. The van der Waals surface area contributed by atoms with Crippen LogP contribution in [0.2, 0.25) is 5.02 Å². The van der Waals surface area contributed by atoms with Gasteiger partial charge in [-0.15, -0.1) is 0 Å². The fraction of sp³-hybridized carbons (Fsp3) is 0.0952. The molecule has 2 aromatic heterocycles. The summed E-state index contributed by atoms with van der Waals surface area (Å²) in [5.41, 5.74) is 5.77. The number of benzene rings is 2. The summed E-state index contributed by atoms with van der Waals surface area (Å²) < 4.78 is 21.3. The van der Waals surface area contributed by atoms with Crippen LogP contribution in [0.4, 0.5) is 4.39 Å². The van der Waals surface area contributed by atoms with Gasteiger partial charge in [-0.1, -0.05) is 35.9 Å². The maximum absolute atomic E-state index is 13.2. The van der Waals surface area contributed by atoms with E-state index in [0.717, 1.165) is 11.1 Å². The molecule has 4 rings (SSSR count). The lowest BCUT2D eigenvalue weighted by Crippen LogP contribution is -2.16. The molecule has 0 atom stereocenters. The minimum Gasteiger partial charge on any atom is -0.488 e. The zero-order valence-electron chi connectivity index (χ0n) is 15.7.